The van der Waals surface area contributed by atoms with Crippen molar-refractivity contribution in [3.63, 3.8) is 0 Å². The number of hydrogen-bond acceptors (Lipinski definition) is 2. The summed E-state index contributed by atoms with van der Waals surface area (Å²) in [7, 11) is 0. The first kappa shape index (κ1) is 18.5. The van der Waals surface area contributed by atoms with Crippen LogP contribution in [0.4, 0.5) is 0 Å². The van der Waals surface area contributed by atoms with Gasteiger partial charge in [-0.25, -0.2) is 9.97 Å². The number of aromatic nitrogens is 2. The molecule has 5 aromatic rings. The molecule has 0 saturated heterocycles. The summed E-state index contributed by atoms with van der Waals surface area (Å²) in [6.45, 7) is 2.10. The molecular formula is C25H16Br2N2. The van der Waals surface area contributed by atoms with Crippen LogP contribution in [0, 0.1) is 6.92 Å². The summed E-state index contributed by atoms with van der Waals surface area (Å²) < 4.78 is 1.65. The van der Waals surface area contributed by atoms with E-state index in [0.29, 0.717) is 0 Å². The van der Waals surface area contributed by atoms with E-state index < -0.39 is 0 Å². The fourth-order valence-corrected chi connectivity index (χ4v) is 4.66. The lowest BCUT2D eigenvalue weighted by molar-refractivity contribution is 1.27. The summed E-state index contributed by atoms with van der Waals surface area (Å²) in [5.74, 6) is 0. The molecule has 0 saturated carbocycles. The molecule has 0 bridgehead atoms. The van der Waals surface area contributed by atoms with E-state index in [0.717, 1.165) is 47.7 Å². The van der Waals surface area contributed by atoms with E-state index in [1.165, 1.54) is 11.1 Å². The van der Waals surface area contributed by atoms with Gasteiger partial charge in [-0.1, -0.05) is 72.8 Å². The molecule has 0 aliphatic rings. The van der Waals surface area contributed by atoms with E-state index >= 15 is 0 Å². The SMILES string of the molecule is Cc1c(Br)nc2c(ccc3c(-c4ccccc4)cc(Br)nc32)c1-c1ccccc1. The molecule has 0 aliphatic carbocycles. The second-order valence-electron chi connectivity index (χ2n) is 6.99. The number of rotatable bonds is 2. The van der Waals surface area contributed by atoms with Gasteiger partial charge in [0.2, 0.25) is 0 Å². The maximum Gasteiger partial charge on any atom is 0.110 e. The Morgan fingerprint density at radius 2 is 1.24 bits per heavy atom. The van der Waals surface area contributed by atoms with Crippen molar-refractivity contribution in [1.29, 1.82) is 0 Å². The molecule has 0 unspecified atom stereocenters. The van der Waals surface area contributed by atoms with Crippen LogP contribution < -0.4 is 0 Å². The zero-order valence-corrected chi connectivity index (χ0v) is 18.8. The number of nitrogens with zero attached hydrogens (tertiary/aromatic N) is 2. The summed E-state index contributed by atoms with van der Waals surface area (Å²) in [4.78, 5) is 9.73. The van der Waals surface area contributed by atoms with Gasteiger partial charge in [-0.3, -0.25) is 0 Å². The topological polar surface area (TPSA) is 25.8 Å². The van der Waals surface area contributed by atoms with Crippen LogP contribution in [0.25, 0.3) is 44.1 Å². The minimum atomic E-state index is 0.802. The van der Waals surface area contributed by atoms with E-state index in [1.54, 1.807) is 0 Å². The van der Waals surface area contributed by atoms with Gasteiger partial charge in [-0.05, 0) is 72.7 Å². The minimum absolute atomic E-state index is 0.802. The molecule has 5 rings (SSSR count). The Balaban J connectivity index is 1.92. The van der Waals surface area contributed by atoms with Crippen molar-refractivity contribution < 1.29 is 0 Å². The molecule has 0 fully saturated rings. The summed E-state index contributed by atoms with van der Waals surface area (Å²) in [5.41, 5.74) is 7.59. The normalized spacial score (nSPS) is 11.3. The largest absolute Gasteiger partial charge is 0.239 e. The van der Waals surface area contributed by atoms with Gasteiger partial charge < -0.3 is 0 Å². The van der Waals surface area contributed by atoms with Crippen molar-refractivity contribution in [3.8, 4) is 22.3 Å². The lowest BCUT2D eigenvalue weighted by atomic mass is 9.94. The molecule has 29 heavy (non-hydrogen) atoms. The molecule has 4 heteroatoms. The van der Waals surface area contributed by atoms with Crippen molar-refractivity contribution in [2.45, 2.75) is 6.92 Å². The zero-order valence-electron chi connectivity index (χ0n) is 15.7. The zero-order chi connectivity index (χ0) is 20.0. The molecule has 2 heterocycles. The van der Waals surface area contributed by atoms with Crippen LogP contribution in [-0.2, 0) is 0 Å². The fourth-order valence-electron chi connectivity index (χ4n) is 3.88. The van der Waals surface area contributed by atoms with Crippen LogP contribution in [0.5, 0.6) is 0 Å². The van der Waals surface area contributed by atoms with Gasteiger partial charge in [0.05, 0.1) is 11.0 Å². The maximum atomic E-state index is 4.90. The molecule has 3 aromatic carbocycles. The lowest BCUT2D eigenvalue weighted by Gasteiger charge is -2.15. The second kappa shape index (κ2) is 7.36. The first-order valence-electron chi connectivity index (χ1n) is 9.33. The van der Waals surface area contributed by atoms with Crippen LogP contribution >= 0.6 is 31.9 Å². The summed E-state index contributed by atoms with van der Waals surface area (Å²) >= 11 is 7.29. The maximum absolute atomic E-state index is 4.90. The van der Waals surface area contributed by atoms with Crippen molar-refractivity contribution in [1.82, 2.24) is 9.97 Å². The molecular weight excluding hydrogens is 488 g/mol. The minimum Gasteiger partial charge on any atom is -0.239 e. The third kappa shape index (κ3) is 3.17. The Bertz CT molecular complexity index is 1360. The highest BCUT2D eigenvalue weighted by molar-refractivity contribution is 9.10. The molecule has 2 aromatic heterocycles. The van der Waals surface area contributed by atoms with Gasteiger partial charge >= 0.3 is 0 Å². The van der Waals surface area contributed by atoms with Gasteiger partial charge in [0.15, 0.2) is 0 Å². The molecule has 2 nitrogen and oxygen atoms in total. The van der Waals surface area contributed by atoms with Crippen molar-refractivity contribution in [2.24, 2.45) is 0 Å². The monoisotopic (exact) mass is 502 g/mol. The quantitative estimate of drug-likeness (QED) is 0.180. The van der Waals surface area contributed by atoms with Gasteiger partial charge in [-0.15, -0.1) is 0 Å². The van der Waals surface area contributed by atoms with E-state index in [4.69, 9.17) is 9.97 Å². The van der Waals surface area contributed by atoms with Crippen LogP contribution in [0.2, 0.25) is 0 Å². The highest BCUT2D eigenvalue weighted by atomic mass is 79.9. The number of fused-ring (bicyclic) bond motifs is 3. The summed E-state index contributed by atoms with van der Waals surface area (Å²) in [6, 6.07) is 27.3. The number of pyridine rings is 2. The van der Waals surface area contributed by atoms with Crippen LogP contribution in [0.3, 0.4) is 0 Å². The average molecular weight is 504 g/mol. The third-order valence-corrected chi connectivity index (χ3v) is 6.41. The molecule has 0 atom stereocenters. The van der Waals surface area contributed by atoms with Crippen LogP contribution in [0.15, 0.2) is 88.1 Å². The average Bonchev–Trinajstić information content (AvgIpc) is 2.75. The molecule has 0 spiro atoms. The molecule has 0 amide bonds. The van der Waals surface area contributed by atoms with E-state index in [9.17, 15) is 0 Å². The Kier molecular flexibility index (Phi) is 4.69. The smallest absolute Gasteiger partial charge is 0.110 e. The number of halogens is 2. The van der Waals surface area contributed by atoms with Crippen molar-refractivity contribution in [2.75, 3.05) is 0 Å². The standard InChI is InChI=1S/C25H16Br2N2/c1-15-22(17-10-6-3-7-11-17)19-13-12-18-20(16-8-4-2-5-9-16)14-21(26)28-23(18)24(19)29-25(15)27/h2-14H,1H3. The lowest BCUT2D eigenvalue weighted by Crippen LogP contribution is -1.95. The first-order valence-corrected chi connectivity index (χ1v) is 10.9. The number of hydrogen-bond donors (Lipinski definition) is 0. The van der Waals surface area contributed by atoms with Crippen molar-refractivity contribution in [3.05, 3.63) is 93.6 Å². The Labute approximate surface area is 185 Å². The van der Waals surface area contributed by atoms with E-state index in [1.807, 2.05) is 12.1 Å². The summed E-state index contributed by atoms with van der Waals surface area (Å²) in [5, 5.41) is 2.20. The predicted molar refractivity (Wildman–Crippen MR) is 128 cm³/mol. The van der Waals surface area contributed by atoms with E-state index in [2.05, 4.69) is 106 Å². The van der Waals surface area contributed by atoms with Gasteiger partial charge in [-0.2, -0.15) is 0 Å². The highest BCUT2D eigenvalue weighted by Gasteiger charge is 2.17. The number of benzene rings is 3. The molecule has 0 radical (unpaired) electrons. The van der Waals surface area contributed by atoms with Crippen LogP contribution in [-0.4, -0.2) is 9.97 Å². The second-order valence-corrected chi connectivity index (χ2v) is 8.55. The van der Waals surface area contributed by atoms with E-state index in [-0.39, 0.29) is 0 Å². The van der Waals surface area contributed by atoms with Crippen LogP contribution in [0.1, 0.15) is 5.56 Å². The molecule has 0 aliphatic heterocycles. The molecule has 0 N–H and O–H groups in total. The molecule has 140 valence electrons. The Morgan fingerprint density at radius 1 is 0.655 bits per heavy atom. The first-order chi connectivity index (χ1) is 14.1. The van der Waals surface area contributed by atoms with Gasteiger partial charge in [0, 0.05) is 10.8 Å². The third-order valence-electron chi connectivity index (χ3n) is 5.23. The highest BCUT2D eigenvalue weighted by Crippen LogP contribution is 2.39. The predicted octanol–water partition coefficient (Wildman–Crippen LogP) is 7.95. The van der Waals surface area contributed by atoms with Gasteiger partial charge in [0.25, 0.3) is 0 Å². The summed E-state index contributed by atoms with van der Waals surface area (Å²) in [6.07, 6.45) is 0. The van der Waals surface area contributed by atoms with Gasteiger partial charge in [0.1, 0.15) is 9.21 Å². The Morgan fingerprint density at radius 3 is 1.93 bits per heavy atom. The fraction of sp³-hybridized carbons (Fsp3) is 0.0400. The Hall–Kier alpha value is -2.56. The van der Waals surface area contributed by atoms with Crippen molar-refractivity contribution >= 4 is 53.7 Å².